The van der Waals surface area contributed by atoms with Crippen molar-refractivity contribution in [1.29, 1.82) is 0 Å². The van der Waals surface area contributed by atoms with Crippen LogP contribution in [0.25, 0.3) is 0 Å². The maximum absolute atomic E-state index is 14.9. The molecule has 0 radical (unpaired) electrons. The molecule has 5 rings (SSSR count). The van der Waals surface area contributed by atoms with E-state index in [1.807, 2.05) is 0 Å². The van der Waals surface area contributed by atoms with Crippen LogP contribution in [0.5, 0.6) is 0 Å². The number of hydrogen-bond donors (Lipinski definition) is 1. The number of carbonyl (C=O) groups is 3. The number of rotatable bonds is 7. The molecule has 1 unspecified atom stereocenters. The van der Waals surface area contributed by atoms with Gasteiger partial charge in [0.1, 0.15) is 12.2 Å². The van der Waals surface area contributed by atoms with Crippen LogP contribution in [0.2, 0.25) is 0 Å². The van der Waals surface area contributed by atoms with Crippen molar-refractivity contribution in [3.8, 4) is 0 Å². The molecule has 4 atom stereocenters. The summed E-state index contributed by atoms with van der Waals surface area (Å²) >= 11 is 0. The number of nitrogens with zero attached hydrogens (tertiary/aromatic N) is 3. The van der Waals surface area contributed by atoms with Gasteiger partial charge < -0.3 is 10.2 Å². The van der Waals surface area contributed by atoms with Crippen LogP contribution in [-0.4, -0.2) is 58.5 Å². The van der Waals surface area contributed by atoms with Crippen molar-refractivity contribution in [3.63, 3.8) is 0 Å². The fourth-order valence-corrected chi connectivity index (χ4v) is 5.27. The smallest absolute Gasteiger partial charge is 0.253 e. The van der Waals surface area contributed by atoms with E-state index in [0.717, 1.165) is 4.90 Å². The average molecular weight is 543 g/mol. The third-order valence-corrected chi connectivity index (χ3v) is 7.36. The molecule has 39 heavy (non-hydrogen) atoms. The zero-order valence-electron chi connectivity index (χ0n) is 20.8. The number of amides is 3. The third kappa shape index (κ3) is 5.76. The maximum atomic E-state index is 14.9. The number of aromatic nitrogens is 1. The molecule has 2 fully saturated rings. The minimum atomic E-state index is -2.82. The van der Waals surface area contributed by atoms with Crippen molar-refractivity contribution in [1.82, 2.24) is 15.2 Å². The summed E-state index contributed by atoms with van der Waals surface area (Å²) in [5, 5.41) is 2.77. The average Bonchev–Trinajstić information content (AvgIpc) is 3.29. The summed E-state index contributed by atoms with van der Waals surface area (Å²) in [6, 6.07) is 9.37. The molecule has 3 aliphatic rings. The molecule has 1 aromatic heterocycles. The SMILES string of the molecule is O=C1N=CC=CC1CC(=O)N1C[C@H](F)C[C@H]1C(=O)N[C@H](c1ccccc1)c1ccc(C2CC(F)(F)C2)c(F)n1. The number of dihydropyridines is 1. The second-order valence-electron chi connectivity index (χ2n) is 10.1. The van der Waals surface area contributed by atoms with Gasteiger partial charge in [-0.3, -0.25) is 14.4 Å². The Balaban J connectivity index is 1.35. The number of pyridine rings is 1. The maximum Gasteiger partial charge on any atom is 0.253 e. The van der Waals surface area contributed by atoms with Crippen LogP contribution >= 0.6 is 0 Å². The minimum Gasteiger partial charge on any atom is -0.342 e. The van der Waals surface area contributed by atoms with Crippen LogP contribution in [-0.2, 0) is 14.4 Å². The van der Waals surface area contributed by atoms with E-state index in [1.54, 1.807) is 36.4 Å². The lowest BCUT2D eigenvalue weighted by Gasteiger charge is -2.35. The van der Waals surface area contributed by atoms with E-state index in [1.165, 1.54) is 24.4 Å². The number of likely N-dealkylation sites (tertiary alicyclic amines) is 1. The van der Waals surface area contributed by atoms with Gasteiger partial charge in [0.25, 0.3) is 5.91 Å². The first kappa shape index (κ1) is 26.7. The number of carbonyl (C=O) groups excluding carboxylic acids is 3. The summed E-state index contributed by atoms with van der Waals surface area (Å²) in [6.07, 6.45) is 1.58. The lowest BCUT2D eigenvalue weighted by molar-refractivity contribution is -0.140. The molecule has 2 aliphatic heterocycles. The Morgan fingerprint density at radius 2 is 1.87 bits per heavy atom. The van der Waals surface area contributed by atoms with E-state index in [0.29, 0.717) is 5.56 Å². The Kier molecular flexibility index (Phi) is 7.33. The second kappa shape index (κ2) is 10.7. The normalized spacial score (nSPS) is 24.9. The lowest BCUT2D eigenvalue weighted by Crippen LogP contribution is -2.47. The summed E-state index contributed by atoms with van der Waals surface area (Å²) in [5.74, 6) is -6.84. The van der Waals surface area contributed by atoms with Gasteiger partial charge in [0.2, 0.25) is 23.7 Å². The number of hydrogen-bond acceptors (Lipinski definition) is 4. The predicted molar refractivity (Wildman–Crippen MR) is 133 cm³/mol. The van der Waals surface area contributed by atoms with Gasteiger partial charge in [-0.05, 0) is 23.6 Å². The van der Waals surface area contributed by atoms with Crippen molar-refractivity contribution < 1.29 is 31.9 Å². The van der Waals surface area contributed by atoms with E-state index >= 15 is 0 Å². The molecule has 7 nitrogen and oxygen atoms in total. The highest BCUT2D eigenvalue weighted by Gasteiger charge is 2.47. The summed E-state index contributed by atoms with van der Waals surface area (Å²) in [5.41, 5.74) is 0.779. The van der Waals surface area contributed by atoms with Gasteiger partial charge >= 0.3 is 0 Å². The van der Waals surface area contributed by atoms with Gasteiger partial charge in [0.15, 0.2) is 0 Å². The van der Waals surface area contributed by atoms with Gasteiger partial charge in [-0.25, -0.2) is 23.1 Å². The fourth-order valence-electron chi connectivity index (χ4n) is 5.27. The first-order valence-electron chi connectivity index (χ1n) is 12.7. The summed E-state index contributed by atoms with van der Waals surface area (Å²) in [7, 11) is 0. The van der Waals surface area contributed by atoms with Crippen molar-refractivity contribution in [2.24, 2.45) is 10.9 Å². The summed E-state index contributed by atoms with van der Waals surface area (Å²) in [6.45, 7) is -0.297. The largest absolute Gasteiger partial charge is 0.342 e. The highest BCUT2D eigenvalue weighted by atomic mass is 19.3. The number of alkyl halides is 3. The van der Waals surface area contributed by atoms with Gasteiger partial charge in [0, 0.05) is 37.5 Å². The molecule has 1 N–H and O–H groups in total. The van der Waals surface area contributed by atoms with Crippen LogP contribution in [0.1, 0.15) is 54.5 Å². The second-order valence-corrected chi connectivity index (χ2v) is 10.1. The van der Waals surface area contributed by atoms with Crippen molar-refractivity contribution in [2.75, 3.05) is 6.54 Å². The molecule has 1 saturated heterocycles. The molecule has 0 spiro atoms. The van der Waals surface area contributed by atoms with Gasteiger partial charge in [-0.1, -0.05) is 42.5 Å². The van der Waals surface area contributed by atoms with Crippen LogP contribution in [0.15, 0.2) is 59.6 Å². The molecule has 11 heteroatoms. The van der Waals surface area contributed by atoms with Crippen LogP contribution < -0.4 is 5.32 Å². The molecule has 0 bridgehead atoms. The fraction of sp³-hybridized carbons (Fsp3) is 0.393. The molecule has 1 saturated carbocycles. The molecule has 2 aromatic rings. The predicted octanol–water partition coefficient (Wildman–Crippen LogP) is 4.05. The van der Waals surface area contributed by atoms with Crippen molar-refractivity contribution >= 4 is 23.9 Å². The zero-order chi connectivity index (χ0) is 27.7. The Morgan fingerprint density at radius 3 is 2.54 bits per heavy atom. The standard InChI is InChI=1S/C28H26F4N4O3/c29-19-12-22(36(15-19)23(37)11-17-7-4-10-33-26(17)38)27(39)35-24(16-5-2-1-3-6-16)21-9-8-20(25(30)34-21)18-13-28(31,32)14-18/h1-10,17-19,22,24H,11-15H2,(H,35,39)/t17?,19-,22+,24-/m1/s1. The number of benzene rings is 1. The highest BCUT2D eigenvalue weighted by Crippen LogP contribution is 2.48. The minimum absolute atomic E-state index is 0.0892. The van der Waals surface area contributed by atoms with Crippen LogP contribution in [0.4, 0.5) is 17.6 Å². The molecule has 1 aliphatic carbocycles. The Morgan fingerprint density at radius 1 is 1.13 bits per heavy atom. The Labute approximate surface area is 222 Å². The monoisotopic (exact) mass is 542 g/mol. The zero-order valence-corrected chi connectivity index (χ0v) is 20.8. The van der Waals surface area contributed by atoms with E-state index in [-0.39, 0.29) is 30.6 Å². The number of nitrogens with one attached hydrogen (secondary N) is 1. The molecule has 204 valence electrons. The summed E-state index contributed by atoms with van der Waals surface area (Å²) < 4.78 is 56.0. The molecular weight excluding hydrogens is 516 g/mol. The van der Waals surface area contributed by atoms with Crippen LogP contribution in [0, 0.1) is 11.9 Å². The van der Waals surface area contributed by atoms with E-state index in [4.69, 9.17) is 0 Å². The number of halogens is 4. The van der Waals surface area contributed by atoms with E-state index in [2.05, 4.69) is 15.3 Å². The quantitative estimate of drug-likeness (QED) is 0.422. The van der Waals surface area contributed by atoms with Gasteiger partial charge in [-0.2, -0.15) is 4.39 Å². The molecular formula is C28H26F4N4O3. The molecule has 3 amide bonds. The highest BCUT2D eigenvalue weighted by molar-refractivity contribution is 5.97. The van der Waals surface area contributed by atoms with Crippen molar-refractivity contribution in [2.45, 2.75) is 55.8 Å². The van der Waals surface area contributed by atoms with E-state index in [9.17, 15) is 31.9 Å². The Bertz CT molecular complexity index is 1330. The van der Waals surface area contributed by atoms with Crippen molar-refractivity contribution in [3.05, 3.63) is 77.4 Å². The third-order valence-electron chi connectivity index (χ3n) is 7.36. The van der Waals surface area contributed by atoms with Gasteiger partial charge in [0.05, 0.1) is 24.2 Å². The molecule has 1 aromatic carbocycles. The summed E-state index contributed by atoms with van der Waals surface area (Å²) in [4.78, 5) is 47.2. The number of aliphatic imine (C=N–C) groups is 1. The van der Waals surface area contributed by atoms with Gasteiger partial charge in [-0.15, -0.1) is 0 Å². The number of allylic oxidation sites excluding steroid dienone is 1. The van der Waals surface area contributed by atoms with E-state index < -0.39 is 72.5 Å². The topological polar surface area (TPSA) is 91.7 Å². The first-order chi connectivity index (χ1) is 18.6. The molecule has 3 heterocycles. The van der Waals surface area contributed by atoms with Crippen LogP contribution in [0.3, 0.4) is 0 Å². The first-order valence-corrected chi connectivity index (χ1v) is 12.7. The lowest BCUT2D eigenvalue weighted by atomic mass is 9.77. The Hall–Kier alpha value is -3.89.